The molecule has 0 fully saturated rings. The van der Waals surface area contributed by atoms with E-state index in [1.54, 1.807) is 18.7 Å². The van der Waals surface area contributed by atoms with E-state index in [0.29, 0.717) is 6.42 Å². The third-order valence-corrected chi connectivity index (χ3v) is 4.99. The Kier molecular flexibility index (Phi) is 6.27. The van der Waals surface area contributed by atoms with Crippen molar-refractivity contribution in [3.8, 4) is 0 Å². The summed E-state index contributed by atoms with van der Waals surface area (Å²) in [5.74, 6) is 0.0366. The molecule has 0 amide bonds. The van der Waals surface area contributed by atoms with Crippen LogP contribution in [-0.4, -0.2) is 37.7 Å². The molecule has 0 bridgehead atoms. The summed E-state index contributed by atoms with van der Waals surface area (Å²) < 4.78 is 39.3. The normalized spacial score (nSPS) is 15.1. The molecule has 0 saturated carbocycles. The Balaban J connectivity index is 2.77. The zero-order valence-electron chi connectivity index (χ0n) is 11.2. The van der Waals surface area contributed by atoms with E-state index in [-0.39, 0.29) is 16.5 Å². The molecule has 2 N–H and O–H groups in total. The average molecular weight is 342 g/mol. The number of hydrogen-bond acceptors (Lipinski definition) is 4. The number of nitrogens with one attached hydrogen (secondary N) is 1. The van der Waals surface area contributed by atoms with E-state index in [1.807, 2.05) is 6.26 Å². The van der Waals surface area contributed by atoms with Crippen molar-refractivity contribution >= 4 is 33.4 Å². The minimum absolute atomic E-state index is 0.120. The van der Waals surface area contributed by atoms with Crippen LogP contribution < -0.4 is 4.72 Å². The Morgan fingerprint density at radius 1 is 1.50 bits per heavy atom. The SMILES string of the molecule is CSCC[C@@](C)(O)CNS(=O)(=O)c1ccc(F)c(Cl)c1. The molecule has 1 atom stereocenters. The van der Waals surface area contributed by atoms with Crippen molar-refractivity contribution in [3.63, 3.8) is 0 Å². The molecule has 0 aliphatic carbocycles. The van der Waals surface area contributed by atoms with Gasteiger partial charge >= 0.3 is 0 Å². The highest BCUT2D eigenvalue weighted by molar-refractivity contribution is 7.98. The lowest BCUT2D eigenvalue weighted by Gasteiger charge is -2.23. The van der Waals surface area contributed by atoms with Gasteiger partial charge in [-0.25, -0.2) is 17.5 Å². The van der Waals surface area contributed by atoms with E-state index >= 15 is 0 Å². The fourth-order valence-corrected chi connectivity index (χ4v) is 3.47. The van der Waals surface area contributed by atoms with Gasteiger partial charge in [0.2, 0.25) is 10.0 Å². The van der Waals surface area contributed by atoms with Crippen molar-refractivity contribution in [1.29, 1.82) is 0 Å². The number of halogens is 2. The van der Waals surface area contributed by atoms with Gasteiger partial charge in [0.25, 0.3) is 0 Å². The van der Waals surface area contributed by atoms with E-state index in [2.05, 4.69) is 4.72 Å². The Labute approximate surface area is 127 Å². The number of thioether (sulfide) groups is 1. The molecular formula is C12H17ClFNO3S2. The first-order valence-corrected chi connectivity index (χ1v) is 9.09. The number of aliphatic hydroxyl groups is 1. The van der Waals surface area contributed by atoms with Crippen LogP contribution in [-0.2, 0) is 10.0 Å². The molecular weight excluding hydrogens is 325 g/mol. The summed E-state index contributed by atoms with van der Waals surface area (Å²) in [7, 11) is -3.83. The molecule has 20 heavy (non-hydrogen) atoms. The van der Waals surface area contributed by atoms with Crippen molar-refractivity contribution in [2.75, 3.05) is 18.6 Å². The van der Waals surface area contributed by atoms with Gasteiger partial charge in [0.15, 0.2) is 0 Å². The van der Waals surface area contributed by atoms with Crippen molar-refractivity contribution in [2.45, 2.75) is 23.8 Å². The summed E-state index contributed by atoms with van der Waals surface area (Å²) in [5, 5.41) is 9.77. The molecule has 114 valence electrons. The van der Waals surface area contributed by atoms with Gasteiger partial charge in [-0.2, -0.15) is 11.8 Å². The Hall–Kier alpha value is -0.340. The Morgan fingerprint density at radius 2 is 2.15 bits per heavy atom. The quantitative estimate of drug-likeness (QED) is 0.798. The van der Waals surface area contributed by atoms with Crippen LogP contribution in [0.1, 0.15) is 13.3 Å². The predicted octanol–water partition coefficient (Wildman–Crippen LogP) is 2.26. The number of sulfonamides is 1. The van der Waals surface area contributed by atoms with Gasteiger partial charge in [-0.1, -0.05) is 11.6 Å². The third kappa shape index (κ3) is 5.21. The van der Waals surface area contributed by atoms with Gasteiger partial charge in [-0.3, -0.25) is 0 Å². The average Bonchev–Trinajstić information content (AvgIpc) is 2.37. The van der Waals surface area contributed by atoms with Crippen molar-refractivity contribution < 1.29 is 17.9 Å². The van der Waals surface area contributed by atoms with Crippen LogP contribution in [0, 0.1) is 5.82 Å². The summed E-state index contributed by atoms with van der Waals surface area (Å²) in [4.78, 5) is -0.135. The zero-order valence-corrected chi connectivity index (χ0v) is 13.6. The lowest BCUT2D eigenvalue weighted by molar-refractivity contribution is 0.0626. The fourth-order valence-electron chi connectivity index (χ4n) is 1.39. The molecule has 1 rings (SSSR count). The summed E-state index contributed by atoms with van der Waals surface area (Å²) in [5.41, 5.74) is -1.14. The van der Waals surface area contributed by atoms with Crippen LogP contribution in [0.25, 0.3) is 0 Å². The van der Waals surface area contributed by atoms with Crippen molar-refractivity contribution in [1.82, 2.24) is 4.72 Å². The molecule has 1 aromatic rings. The first-order valence-electron chi connectivity index (χ1n) is 5.84. The minimum atomic E-state index is -3.83. The summed E-state index contributed by atoms with van der Waals surface area (Å²) in [6.45, 7) is 1.44. The van der Waals surface area contributed by atoms with E-state index in [0.717, 1.165) is 24.0 Å². The maximum atomic E-state index is 13.0. The second-order valence-corrected chi connectivity index (χ2v) is 7.80. The molecule has 0 aliphatic rings. The number of hydrogen-bond donors (Lipinski definition) is 2. The predicted molar refractivity (Wildman–Crippen MR) is 80.2 cm³/mol. The van der Waals surface area contributed by atoms with Crippen molar-refractivity contribution in [2.24, 2.45) is 0 Å². The first kappa shape index (κ1) is 17.7. The fraction of sp³-hybridized carbons (Fsp3) is 0.500. The maximum absolute atomic E-state index is 13.0. The lowest BCUT2D eigenvalue weighted by atomic mass is 10.1. The van der Waals surface area contributed by atoms with Gasteiger partial charge in [0.05, 0.1) is 15.5 Å². The van der Waals surface area contributed by atoms with Gasteiger partial charge < -0.3 is 5.11 Å². The van der Waals surface area contributed by atoms with Gasteiger partial charge in [0, 0.05) is 6.54 Å². The second kappa shape index (κ2) is 7.09. The summed E-state index contributed by atoms with van der Waals surface area (Å²) in [6.07, 6.45) is 2.36. The van der Waals surface area contributed by atoms with Crippen LogP contribution in [0.4, 0.5) is 4.39 Å². The molecule has 0 heterocycles. The molecule has 0 saturated heterocycles. The van der Waals surface area contributed by atoms with E-state index in [9.17, 15) is 17.9 Å². The Bertz CT molecular complexity index is 564. The largest absolute Gasteiger partial charge is 0.389 e. The van der Waals surface area contributed by atoms with Crippen LogP contribution in [0.5, 0.6) is 0 Å². The third-order valence-electron chi connectivity index (χ3n) is 2.69. The van der Waals surface area contributed by atoms with E-state index in [4.69, 9.17) is 11.6 Å². The van der Waals surface area contributed by atoms with Gasteiger partial charge in [-0.15, -0.1) is 0 Å². The number of benzene rings is 1. The smallest absolute Gasteiger partial charge is 0.240 e. The topological polar surface area (TPSA) is 66.4 Å². The van der Waals surface area contributed by atoms with Gasteiger partial charge in [0.1, 0.15) is 5.82 Å². The highest BCUT2D eigenvalue weighted by Crippen LogP contribution is 2.20. The lowest BCUT2D eigenvalue weighted by Crippen LogP contribution is -2.41. The molecule has 4 nitrogen and oxygen atoms in total. The zero-order chi connectivity index (χ0) is 15.4. The van der Waals surface area contributed by atoms with Gasteiger partial charge in [-0.05, 0) is 43.6 Å². The number of rotatable bonds is 7. The molecule has 0 aliphatic heterocycles. The van der Waals surface area contributed by atoms with Crippen LogP contribution in [0.3, 0.4) is 0 Å². The maximum Gasteiger partial charge on any atom is 0.240 e. The monoisotopic (exact) mass is 341 g/mol. The Morgan fingerprint density at radius 3 is 2.70 bits per heavy atom. The highest BCUT2D eigenvalue weighted by atomic mass is 35.5. The molecule has 0 radical (unpaired) electrons. The summed E-state index contributed by atoms with van der Waals surface area (Å²) >= 11 is 7.12. The molecule has 8 heteroatoms. The van der Waals surface area contributed by atoms with E-state index in [1.165, 1.54) is 0 Å². The minimum Gasteiger partial charge on any atom is -0.389 e. The molecule has 0 aromatic heterocycles. The van der Waals surface area contributed by atoms with Crippen LogP contribution in [0.2, 0.25) is 5.02 Å². The van der Waals surface area contributed by atoms with Crippen molar-refractivity contribution in [3.05, 3.63) is 29.0 Å². The van der Waals surface area contributed by atoms with E-state index < -0.39 is 21.4 Å². The summed E-state index contributed by atoms with van der Waals surface area (Å²) in [6, 6.07) is 3.15. The standard InChI is InChI=1S/C12H17ClFNO3S2/c1-12(16,5-6-19-2)8-15-20(17,18)9-3-4-11(14)10(13)7-9/h3-4,7,15-16H,5-6,8H2,1-2H3/t12-/m1/s1. The molecule has 0 spiro atoms. The first-order chi connectivity index (χ1) is 9.18. The van der Waals surface area contributed by atoms with Crippen LogP contribution >= 0.6 is 23.4 Å². The molecule has 1 aromatic carbocycles. The van der Waals surface area contributed by atoms with Crippen LogP contribution in [0.15, 0.2) is 23.1 Å². The second-order valence-electron chi connectivity index (χ2n) is 4.64. The molecule has 0 unspecified atom stereocenters. The highest BCUT2D eigenvalue weighted by Gasteiger charge is 2.24.